The van der Waals surface area contributed by atoms with E-state index in [9.17, 15) is 0 Å². The van der Waals surface area contributed by atoms with Crippen molar-refractivity contribution in [3.05, 3.63) is 59.7 Å². The summed E-state index contributed by atoms with van der Waals surface area (Å²) in [6.07, 6.45) is 0. The van der Waals surface area contributed by atoms with Crippen LogP contribution in [0.1, 0.15) is 11.1 Å². The normalized spacial score (nSPS) is 10.8. The summed E-state index contributed by atoms with van der Waals surface area (Å²) in [6, 6.07) is 16.3. The number of nitrogen functional groups attached to an aromatic ring is 1. The number of aromatic nitrogens is 2. The van der Waals surface area contributed by atoms with Crippen LogP contribution in [0.4, 0.5) is 11.8 Å². The number of aryl methyl sites for hydroxylation is 1. The molecule has 2 aromatic carbocycles. The molecule has 3 aromatic rings. The Labute approximate surface area is 124 Å². The molecule has 0 saturated heterocycles. The van der Waals surface area contributed by atoms with E-state index in [4.69, 9.17) is 5.73 Å². The fourth-order valence-corrected chi connectivity index (χ4v) is 2.49. The lowest BCUT2D eigenvalue weighted by molar-refractivity contribution is 0.895. The highest BCUT2D eigenvalue weighted by Gasteiger charge is 2.11. The molecule has 0 saturated carbocycles. The summed E-state index contributed by atoms with van der Waals surface area (Å²) in [5.74, 6) is 1.17. The number of rotatable bonds is 3. The monoisotopic (exact) mass is 278 g/mol. The Balaban J connectivity index is 2.02. The van der Waals surface area contributed by atoms with Gasteiger partial charge in [-0.3, -0.25) is 0 Å². The van der Waals surface area contributed by atoms with Crippen LogP contribution in [-0.2, 0) is 6.54 Å². The fraction of sp³-hybridized carbons (Fsp3) is 0.176. The van der Waals surface area contributed by atoms with Crippen LogP contribution >= 0.6 is 0 Å². The second-order valence-electron chi connectivity index (χ2n) is 5.21. The van der Waals surface area contributed by atoms with Crippen LogP contribution in [0.5, 0.6) is 0 Å². The maximum absolute atomic E-state index is 5.84. The van der Waals surface area contributed by atoms with Crippen molar-refractivity contribution < 1.29 is 0 Å². The fourth-order valence-electron chi connectivity index (χ4n) is 2.49. The molecule has 0 unspecified atom stereocenters. The number of hydrogen-bond acceptors (Lipinski definition) is 4. The van der Waals surface area contributed by atoms with E-state index in [1.165, 1.54) is 11.1 Å². The Hall–Kier alpha value is -2.62. The summed E-state index contributed by atoms with van der Waals surface area (Å²) in [7, 11) is 2.03. The van der Waals surface area contributed by atoms with Crippen LogP contribution in [-0.4, -0.2) is 17.0 Å². The van der Waals surface area contributed by atoms with E-state index in [2.05, 4.69) is 46.1 Å². The standard InChI is InChI=1S/C17H18N4/c1-12-7-3-4-8-13(12)11-21(2)16-14-9-5-6-10-15(14)19-17(18)20-16/h3-10H,11H2,1-2H3,(H2,18,19,20). The van der Waals surface area contributed by atoms with Crippen molar-refractivity contribution in [2.75, 3.05) is 17.7 Å². The Morgan fingerprint density at radius 2 is 1.71 bits per heavy atom. The van der Waals surface area contributed by atoms with Gasteiger partial charge in [-0.05, 0) is 30.2 Å². The predicted octanol–water partition coefficient (Wildman–Crippen LogP) is 3.16. The van der Waals surface area contributed by atoms with Gasteiger partial charge in [-0.15, -0.1) is 0 Å². The molecule has 0 aliphatic rings. The Bertz CT molecular complexity index is 783. The van der Waals surface area contributed by atoms with Crippen molar-refractivity contribution in [2.24, 2.45) is 0 Å². The number of anilines is 2. The summed E-state index contributed by atoms with van der Waals surface area (Å²) >= 11 is 0. The summed E-state index contributed by atoms with van der Waals surface area (Å²) < 4.78 is 0. The third-order valence-corrected chi connectivity index (χ3v) is 3.63. The van der Waals surface area contributed by atoms with Crippen molar-refractivity contribution in [1.82, 2.24) is 9.97 Å². The first-order valence-electron chi connectivity index (χ1n) is 6.93. The number of hydrogen-bond donors (Lipinski definition) is 1. The topological polar surface area (TPSA) is 55.0 Å². The van der Waals surface area contributed by atoms with Gasteiger partial charge >= 0.3 is 0 Å². The van der Waals surface area contributed by atoms with Crippen molar-refractivity contribution in [1.29, 1.82) is 0 Å². The van der Waals surface area contributed by atoms with E-state index in [-0.39, 0.29) is 0 Å². The van der Waals surface area contributed by atoms with E-state index in [1.807, 2.05) is 31.3 Å². The minimum absolute atomic E-state index is 0.306. The van der Waals surface area contributed by atoms with Crippen LogP contribution in [0.15, 0.2) is 48.5 Å². The lowest BCUT2D eigenvalue weighted by Crippen LogP contribution is -2.19. The van der Waals surface area contributed by atoms with Gasteiger partial charge in [-0.25, -0.2) is 4.98 Å². The van der Waals surface area contributed by atoms with Gasteiger partial charge in [0, 0.05) is 19.0 Å². The van der Waals surface area contributed by atoms with Crippen molar-refractivity contribution in [3.63, 3.8) is 0 Å². The molecule has 4 nitrogen and oxygen atoms in total. The van der Waals surface area contributed by atoms with Crippen molar-refractivity contribution >= 4 is 22.7 Å². The summed E-state index contributed by atoms with van der Waals surface area (Å²) in [5, 5.41) is 1.02. The SMILES string of the molecule is Cc1ccccc1CN(C)c1nc(N)nc2ccccc12. The molecule has 0 spiro atoms. The number of nitrogens with zero attached hydrogens (tertiary/aromatic N) is 3. The third-order valence-electron chi connectivity index (χ3n) is 3.63. The van der Waals surface area contributed by atoms with E-state index >= 15 is 0 Å². The minimum Gasteiger partial charge on any atom is -0.368 e. The molecule has 0 radical (unpaired) electrons. The Morgan fingerprint density at radius 3 is 2.52 bits per heavy atom. The molecule has 4 heteroatoms. The second-order valence-corrected chi connectivity index (χ2v) is 5.21. The third kappa shape index (κ3) is 2.65. The van der Waals surface area contributed by atoms with Crippen LogP contribution in [0.2, 0.25) is 0 Å². The van der Waals surface area contributed by atoms with Gasteiger partial charge < -0.3 is 10.6 Å². The predicted molar refractivity (Wildman–Crippen MR) is 87.2 cm³/mol. The average molecular weight is 278 g/mol. The molecule has 3 rings (SSSR count). The molecule has 0 bridgehead atoms. The highest BCUT2D eigenvalue weighted by Crippen LogP contribution is 2.25. The molecule has 1 aromatic heterocycles. The first-order chi connectivity index (χ1) is 10.1. The molecule has 21 heavy (non-hydrogen) atoms. The van der Waals surface area contributed by atoms with E-state index < -0.39 is 0 Å². The highest BCUT2D eigenvalue weighted by atomic mass is 15.2. The maximum Gasteiger partial charge on any atom is 0.222 e. The maximum atomic E-state index is 5.84. The molecule has 0 atom stereocenters. The van der Waals surface area contributed by atoms with E-state index in [0.29, 0.717) is 5.95 Å². The van der Waals surface area contributed by atoms with Gasteiger partial charge in [0.05, 0.1) is 5.52 Å². The molecule has 0 aliphatic heterocycles. The lowest BCUT2D eigenvalue weighted by atomic mass is 10.1. The first kappa shape index (κ1) is 13.4. The quantitative estimate of drug-likeness (QED) is 0.799. The van der Waals surface area contributed by atoms with Gasteiger partial charge in [0.1, 0.15) is 5.82 Å². The molecule has 0 fully saturated rings. The second kappa shape index (κ2) is 5.40. The van der Waals surface area contributed by atoms with Crippen molar-refractivity contribution in [2.45, 2.75) is 13.5 Å². The van der Waals surface area contributed by atoms with E-state index in [0.717, 1.165) is 23.3 Å². The van der Waals surface area contributed by atoms with Crippen LogP contribution < -0.4 is 10.6 Å². The van der Waals surface area contributed by atoms with Gasteiger partial charge in [0.25, 0.3) is 0 Å². The van der Waals surface area contributed by atoms with Crippen LogP contribution in [0.3, 0.4) is 0 Å². The van der Waals surface area contributed by atoms with Gasteiger partial charge in [-0.1, -0.05) is 36.4 Å². The highest BCUT2D eigenvalue weighted by molar-refractivity contribution is 5.90. The molecular formula is C17H18N4. The van der Waals surface area contributed by atoms with Crippen LogP contribution in [0.25, 0.3) is 10.9 Å². The number of nitrogens with two attached hydrogens (primary N) is 1. The molecule has 0 aliphatic carbocycles. The summed E-state index contributed by atoms with van der Waals surface area (Å²) in [4.78, 5) is 10.8. The lowest BCUT2D eigenvalue weighted by Gasteiger charge is -2.21. The molecule has 0 amide bonds. The summed E-state index contributed by atoms with van der Waals surface area (Å²) in [6.45, 7) is 2.91. The zero-order valence-corrected chi connectivity index (χ0v) is 12.2. The van der Waals surface area contributed by atoms with Gasteiger partial charge in [0.15, 0.2) is 0 Å². The summed E-state index contributed by atoms with van der Waals surface area (Å²) in [5.41, 5.74) is 9.26. The molecular weight excluding hydrogens is 260 g/mol. The Morgan fingerprint density at radius 1 is 1.00 bits per heavy atom. The minimum atomic E-state index is 0.306. The first-order valence-corrected chi connectivity index (χ1v) is 6.93. The molecule has 106 valence electrons. The largest absolute Gasteiger partial charge is 0.368 e. The van der Waals surface area contributed by atoms with E-state index in [1.54, 1.807) is 0 Å². The number of para-hydroxylation sites is 1. The Kier molecular flexibility index (Phi) is 3.44. The smallest absolute Gasteiger partial charge is 0.222 e. The zero-order valence-electron chi connectivity index (χ0n) is 12.2. The zero-order chi connectivity index (χ0) is 14.8. The average Bonchev–Trinajstić information content (AvgIpc) is 2.48. The van der Waals surface area contributed by atoms with Gasteiger partial charge in [-0.2, -0.15) is 4.98 Å². The molecule has 2 N–H and O–H groups in total. The number of benzene rings is 2. The number of fused-ring (bicyclic) bond motifs is 1. The van der Waals surface area contributed by atoms with Crippen LogP contribution in [0, 0.1) is 6.92 Å². The van der Waals surface area contributed by atoms with Gasteiger partial charge in [0.2, 0.25) is 5.95 Å². The van der Waals surface area contributed by atoms with Crippen molar-refractivity contribution in [3.8, 4) is 0 Å². The molecule has 1 heterocycles.